The molecule has 0 aromatic heterocycles. The monoisotopic (exact) mass is 268 g/mol. The minimum absolute atomic E-state index is 0.0751. The fraction of sp³-hybridized carbons (Fsp3) is 0.235. The summed E-state index contributed by atoms with van der Waals surface area (Å²) in [7, 11) is 0. The van der Waals surface area contributed by atoms with Crippen molar-refractivity contribution >= 4 is 5.91 Å². The van der Waals surface area contributed by atoms with Crippen molar-refractivity contribution in [1.29, 1.82) is 0 Å². The lowest BCUT2D eigenvalue weighted by Gasteiger charge is -2.14. The molecule has 0 aliphatic carbocycles. The number of nitrogens with one attached hydrogen (secondary N) is 1. The minimum atomic E-state index is -0.189. The van der Waals surface area contributed by atoms with Gasteiger partial charge in [-0.2, -0.15) is 0 Å². The second-order valence-corrected chi connectivity index (χ2v) is 5.05. The van der Waals surface area contributed by atoms with Gasteiger partial charge in [-0.1, -0.05) is 48.0 Å². The molecular formula is C17H20N2O. The van der Waals surface area contributed by atoms with Crippen LogP contribution in [0.25, 0.3) is 0 Å². The van der Waals surface area contributed by atoms with E-state index in [9.17, 15) is 4.79 Å². The molecule has 0 fully saturated rings. The Bertz CT molecular complexity index is 593. The minimum Gasteiger partial charge on any atom is -0.350 e. The van der Waals surface area contributed by atoms with Crippen LogP contribution >= 0.6 is 0 Å². The molecule has 0 bridgehead atoms. The van der Waals surface area contributed by atoms with E-state index < -0.39 is 0 Å². The standard InChI is InChI=1S/C17H20N2O/c1-12-8-9-15(13(2)10-12)17(20)19-11-16(18)14-6-4-3-5-7-14/h3-10,16H,11,18H2,1-2H3,(H,19,20). The predicted octanol–water partition coefficient (Wildman–Crippen LogP) is 2.73. The Balaban J connectivity index is 1.99. The first-order chi connectivity index (χ1) is 9.58. The first-order valence-electron chi connectivity index (χ1n) is 6.74. The number of benzene rings is 2. The molecule has 1 atom stereocenters. The Labute approximate surface area is 119 Å². The fourth-order valence-electron chi connectivity index (χ4n) is 2.18. The van der Waals surface area contributed by atoms with Crippen molar-refractivity contribution in [2.24, 2.45) is 5.73 Å². The summed E-state index contributed by atoms with van der Waals surface area (Å²) < 4.78 is 0. The van der Waals surface area contributed by atoms with Crippen LogP contribution in [0.5, 0.6) is 0 Å². The van der Waals surface area contributed by atoms with Crippen molar-refractivity contribution in [3.8, 4) is 0 Å². The number of carbonyl (C=O) groups excluding carboxylic acids is 1. The van der Waals surface area contributed by atoms with Gasteiger partial charge in [-0.25, -0.2) is 0 Å². The highest BCUT2D eigenvalue weighted by Crippen LogP contribution is 2.12. The highest BCUT2D eigenvalue weighted by molar-refractivity contribution is 5.95. The van der Waals surface area contributed by atoms with E-state index in [-0.39, 0.29) is 11.9 Å². The topological polar surface area (TPSA) is 55.1 Å². The van der Waals surface area contributed by atoms with Crippen LogP contribution in [0.2, 0.25) is 0 Å². The molecule has 20 heavy (non-hydrogen) atoms. The lowest BCUT2D eigenvalue weighted by atomic mass is 10.0. The molecule has 0 saturated heterocycles. The van der Waals surface area contributed by atoms with Gasteiger partial charge in [-0.3, -0.25) is 4.79 Å². The van der Waals surface area contributed by atoms with Gasteiger partial charge in [0.25, 0.3) is 5.91 Å². The first kappa shape index (κ1) is 14.3. The normalized spacial score (nSPS) is 11.9. The molecule has 3 nitrogen and oxygen atoms in total. The molecule has 3 heteroatoms. The number of nitrogens with two attached hydrogens (primary N) is 1. The second kappa shape index (κ2) is 6.35. The highest BCUT2D eigenvalue weighted by Gasteiger charge is 2.11. The average molecular weight is 268 g/mol. The lowest BCUT2D eigenvalue weighted by Crippen LogP contribution is -2.32. The molecular weight excluding hydrogens is 248 g/mol. The van der Waals surface area contributed by atoms with E-state index in [0.29, 0.717) is 12.1 Å². The van der Waals surface area contributed by atoms with Gasteiger partial charge in [0.2, 0.25) is 0 Å². The molecule has 0 spiro atoms. The number of amides is 1. The molecule has 0 aliphatic rings. The lowest BCUT2D eigenvalue weighted by molar-refractivity contribution is 0.0950. The third-order valence-corrected chi connectivity index (χ3v) is 3.34. The van der Waals surface area contributed by atoms with Gasteiger partial charge in [0.15, 0.2) is 0 Å². The van der Waals surface area contributed by atoms with Crippen LogP contribution in [0.1, 0.15) is 33.1 Å². The Morgan fingerprint density at radius 1 is 1.15 bits per heavy atom. The zero-order chi connectivity index (χ0) is 14.5. The maximum atomic E-state index is 12.1. The third kappa shape index (κ3) is 3.45. The number of hydrogen-bond donors (Lipinski definition) is 2. The van der Waals surface area contributed by atoms with Crippen LogP contribution in [0.15, 0.2) is 48.5 Å². The van der Waals surface area contributed by atoms with Crippen molar-refractivity contribution < 1.29 is 4.79 Å². The fourth-order valence-corrected chi connectivity index (χ4v) is 2.18. The van der Waals surface area contributed by atoms with Crippen molar-refractivity contribution in [1.82, 2.24) is 5.32 Å². The second-order valence-electron chi connectivity index (χ2n) is 5.05. The Morgan fingerprint density at radius 2 is 1.85 bits per heavy atom. The van der Waals surface area contributed by atoms with E-state index in [2.05, 4.69) is 5.32 Å². The maximum absolute atomic E-state index is 12.1. The molecule has 1 unspecified atom stereocenters. The van der Waals surface area contributed by atoms with Crippen molar-refractivity contribution in [2.45, 2.75) is 19.9 Å². The Kier molecular flexibility index (Phi) is 4.53. The van der Waals surface area contributed by atoms with Gasteiger partial charge in [-0.15, -0.1) is 0 Å². The summed E-state index contributed by atoms with van der Waals surface area (Å²) in [6, 6.07) is 15.4. The number of aryl methyl sites for hydroxylation is 2. The van der Waals surface area contributed by atoms with Crippen LogP contribution in [-0.4, -0.2) is 12.5 Å². The van der Waals surface area contributed by atoms with Crippen LogP contribution in [-0.2, 0) is 0 Å². The zero-order valence-electron chi connectivity index (χ0n) is 11.9. The van der Waals surface area contributed by atoms with Crippen LogP contribution in [0, 0.1) is 13.8 Å². The van der Waals surface area contributed by atoms with E-state index in [1.807, 2.05) is 62.4 Å². The van der Waals surface area contributed by atoms with Gasteiger partial charge >= 0.3 is 0 Å². The smallest absolute Gasteiger partial charge is 0.251 e. The number of hydrogen-bond acceptors (Lipinski definition) is 2. The van der Waals surface area contributed by atoms with Crippen molar-refractivity contribution in [2.75, 3.05) is 6.54 Å². The van der Waals surface area contributed by atoms with Crippen LogP contribution < -0.4 is 11.1 Å². The summed E-state index contributed by atoms with van der Waals surface area (Å²) in [5, 5.41) is 2.89. The molecule has 1 amide bonds. The van der Waals surface area contributed by atoms with Gasteiger partial charge in [0, 0.05) is 18.2 Å². The Morgan fingerprint density at radius 3 is 2.50 bits per heavy atom. The summed E-state index contributed by atoms with van der Waals surface area (Å²) >= 11 is 0. The number of carbonyl (C=O) groups is 1. The molecule has 0 aliphatic heterocycles. The van der Waals surface area contributed by atoms with E-state index in [1.54, 1.807) is 0 Å². The summed E-state index contributed by atoms with van der Waals surface area (Å²) in [5.41, 5.74) is 9.93. The van der Waals surface area contributed by atoms with Gasteiger partial charge in [0.1, 0.15) is 0 Å². The molecule has 0 heterocycles. The van der Waals surface area contributed by atoms with E-state index >= 15 is 0 Å². The van der Waals surface area contributed by atoms with Crippen LogP contribution in [0.3, 0.4) is 0 Å². The SMILES string of the molecule is Cc1ccc(C(=O)NCC(N)c2ccccc2)c(C)c1. The van der Waals surface area contributed by atoms with Gasteiger partial charge < -0.3 is 11.1 Å². The van der Waals surface area contributed by atoms with Gasteiger partial charge in [0.05, 0.1) is 0 Å². The molecule has 0 radical (unpaired) electrons. The van der Waals surface area contributed by atoms with Crippen molar-refractivity contribution in [3.05, 3.63) is 70.8 Å². The van der Waals surface area contributed by atoms with E-state index in [4.69, 9.17) is 5.73 Å². The van der Waals surface area contributed by atoms with E-state index in [1.165, 1.54) is 0 Å². The summed E-state index contributed by atoms with van der Waals surface area (Å²) in [6.45, 7) is 4.38. The zero-order valence-corrected chi connectivity index (χ0v) is 11.9. The summed E-state index contributed by atoms with van der Waals surface area (Å²) in [6.07, 6.45) is 0. The molecule has 2 aromatic carbocycles. The van der Waals surface area contributed by atoms with Crippen molar-refractivity contribution in [3.63, 3.8) is 0 Å². The Hall–Kier alpha value is -2.13. The molecule has 2 rings (SSSR count). The quantitative estimate of drug-likeness (QED) is 0.895. The van der Waals surface area contributed by atoms with Gasteiger partial charge in [-0.05, 0) is 31.0 Å². The summed E-state index contributed by atoms with van der Waals surface area (Å²) in [5.74, 6) is -0.0751. The van der Waals surface area contributed by atoms with E-state index in [0.717, 1.165) is 16.7 Å². The maximum Gasteiger partial charge on any atom is 0.251 e. The number of rotatable bonds is 4. The predicted molar refractivity (Wildman–Crippen MR) is 81.6 cm³/mol. The highest BCUT2D eigenvalue weighted by atomic mass is 16.1. The first-order valence-corrected chi connectivity index (χ1v) is 6.74. The summed E-state index contributed by atoms with van der Waals surface area (Å²) in [4.78, 5) is 12.1. The largest absolute Gasteiger partial charge is 0.350 e. The molecule has 3 N–H and O–H groups in total. The third-order valence-electron chi connectivity index (χ3n) is 3.34. The molecule has 2 aromatic rings. The average Bonchev–Trinajstić information content (AvgIpc) is 2.45. The molecule has 0 saturated carbocycles. The molecule has 104 valence electrons. The van der Waals surface area contributed by atoms with Crippen LogP contribution in [0.4, 0.5) is 0 Å².